The average Bonchev–Trinajstić information content (AvgIpc) is 3.23. The minimum absolute atomic E-state index is 0.0788. The molecule has 2 aliphatic heterocycles. The number of benzene rings is 2. The van der Waals surface area contributed by atoms with Gasteiger partial charge >= 0.3 is 5.97 Å². The second-order valence-electron chi connectivity index (χ2n) is 8.67. The summed E-state index contributed by atoms with van der Waals surface area (Å²) < 4.78 is 6.71. The second-order valence-corrected chi connectivity index (χ2v) is 8.67. The molecule has 4 aromatic rings. The van der Waals surface area contributed by atoms with Gasteiger partial charge in [0.1, 0.15) is 6.61 Å². The lowest BCUT2D eigenvalue weighted by molar-refractivity contribution is -0.172. The number of carbonyl (C=O) groups is 2. The number of pyridine rings is 2. The maximum absolute atomic E-state index is 13.3. The van der Waals surface area contributed by atoms with E-state index in [0.29, 0.717) is 34.6 Å². The minimum atomic E-state index is -1.88. The van der Waals surface area contributed by atoms with Gasteiger partial charge in [-0.25, -0.2) is 9.78 Å². The molecule has 0 radical (unpaired) electrons. The number of fused-ring (bicyclic) bond motifs is 5. The SMILES string of the molecule is CC[C@@]1(O)C(=O)OCc2c1cc1n(c2=O)Cc2cc3cccc(C(=O)c4ccccc4)c3nc2-1. The summed E-state index contributed by atoms with van der Waals surface area (Å²) in [4.78, 5) is 43.8. The van der Waals surface area contributed by atoms with Crippen molar-refractivity contribution in [1.82, 2.24) is 9.55 Å². The molecule has 0 fully saturated rings. The summed E-state index contributed by atoms with van der Waals surface area (Å²) in [6, 6.07) is 18.1. The van der Waals surface area contributed by atoms with Gasteiger partial charge < -0.3 is 14.4 Å². The van der Waals surface area contributed by atoms with Gasteiger partial charge in [0.25, 0.3) is 5.56 Å². The predicted molar refractivity (Wildman–Crippen MR) is 124 cm³/mol. The van der Waals surface area contributed by atoms with E-state index in [1.54, 1.807) is 35.8 Å². The fourth-order valence-corrected chi connectivity index (χ4v) is 4.94. The van der Waals surface area contributed by atoms with E-state index in [-0.39, 0.29) is 35.5 Å². The zero-order chi connectivity index (χ0) is 23.6. The van der Waals surface area contributed by atoms with E-state index in [2.05, 4.69) is 0 Å². The van der Waals surface area contributed by atoms with E-state index in [9.17, 15) is 19.5 Å². The Kier molecular flexibility index (Phi) is 4.34. The minimum Gasteiger partial charge on any atom is -0.458 e. The Labute approximate surface area is 194 Å². The van der Waals surface area contributed by atoms with Gasteiger partial charge in [-0.15, -0.1) is 0 Å². The molecule has 2 aromatic heterocycles. The van der Waals surface area contributed by atoms with Gasteiger partial charge in [-0.05, 0) is 24.6 Å². The van der Waals surface area contributed by atoms with Crippen molar-refractivity contribution < 1.29 is 19.4 Å². The van der Waals surface area contributed by atoms with E-state index < -0.39 is 11.6 Å². The number of carbonyl (C=O) groups excluding carboxylic acids is 2. The molecule has 0 aliphatic carbocycles. The molecular formula is C27H20N2O5. The number of rotatable bonds is 3. The van der Waals surface area contributed by atoms with Crippen molar-refractivity contribution >= 4 is 22.7 Å². The quantitative estimate of drug-likeness (QED) is 0.333. The molecule has 0 saturated heterocycles. The van der Waals surface area contributed by atoms with Crippen molar-refractivity contribution in [3.8, 4) is 11.4 Å². The molecule has 7 heteroatoms. The Hall–Kier alpha value is -4.10. The fraction of sp³-hybridized carbons (Fsp3) is 0.185. The summed E-state index contributed by atoms with van der Waals surface area (Å²) in [6.45, 7) is 1.81. The molecule has 7 nitrogen and oxygen atoms in total. The number of ether oxygens (including phenoxy) is 1. The largest absolute Gasteiger partial charge is 0.458 e. The highest BCUT2D eigenvalue weighted by Crippen LogP contribution is 2.39. The molecule has 0 bridgehead atoms. The lowest BCUT2D eigenvalue weighted by Gasteiger charge is -2.31. The van der Waals surface area contributed by atoms with E-state index in [0.717, 1.165) is 10.9 Å². The van der Waals surface area contributed by atoms with E-state index in [1.807, 2.05) is 36.4 Å². The van der Waals surface area contributed by atoms with Crippen molar-refractivity contribution in [3.63, 3.8) is 0 Å². The summed E-state index contributed by atoms with van der Waals surface area (Å²) in [6.07, 6.45) is 0.0788. The first-order chi connectivity index (χ1) is 16.4. The maximum atomic E-state index is 13.3. The van der Waals surface area contributed by atoms with Crippen LogP contribution in [0.25, 0.3) is 22.3 Å². The topological polar surface area (TPSA) is 98.5 Å². The normalized spacial score (nSPS) is 18.2. The summed E-state index contributed by atoms with van der Waals surface area (Å²) >= 11 is 0. The third-order valence-electron chi connectivity index (χ3n) is 6.82. The number of hydrogen-bond donors (Lipinski definition) is 1. The fourth-order valence-electron chi connectivity index (χ4n) is 4.94. The molecule has 0 saturated carbocycles. The van der Waals surface area contributed by atoms with Crippen molar-refractivity contribution in [1.29, 1.82) is 0 Å². The molecule has 0 amide bonds. The first kappa shape index (κ1) is 20.5. The maximum Gasteiger partial charge on any atom is 0.343 e. The number of esters is 1. The number of aliphatic hydroxyl groups is 1. The van der Waals surface area contributed by atoms with Crippen molar-refractivity contribution in [2.24, 2.45) is 0 Å². The standard InChI is InChI=1S/C27H20N2O5/c1-2-27(33)20-12-21-23-17(13-29(21)25(31)19(20)14-34-26(27)32)11-16-9-6-10-18(22(16)28-23)24(30)15-7-4-3-5-8-15/h3-12,33H,2,13-14H2,1H3/t27-/m0/s1. The zero-order valence-corrected chi connectivity index (χ0v) is 18.4. The monoisotopic (exact) mass is 452 g/mol. The van der Waals surface area contributed by atoms with Gasteiger partial charge in [-0.1, -0.05) is 49.4 Å². The van der Waals surface area contributed by atoms with Crippen LogP contribution in [0.5, 0.6) is 0 Å². The van der Waals surface area contributed by atoms with Crippen LogP contribution in [-0.4, -0.2) is 26.4 Å². The highest BCUT2D eigenvalue weighted by Gasteiger charge is 2.45. The first-order valence-corrected chi connectivity index (χ1v) is 11.1. The van der Waals surface area contributed by atoms with Gasteiger partial charge in [0.05, 0.1) is 29.0 Å². The lowest BCUT2D eigenvalue weighted by atomic mass is 9.86. The smallest absolute Gasteiger partial charge is 0.343 e. The molecule has 6 rings (SSSR count). The van der Waals surface area contributed by atoms with Crippen molar-refractivity contribution in [2.75, 3.05) is 0 Å². The molecule has 0 unspecified atom stereocenters. The Morgan fingerprint density at radius 2 is 1.91 bits per heavy atom. The predicted octanol–water partition coefficient (Wildman–Crippen LogP) is 3.31. The van der Waals surface area contributed by atoms with Crippen LogP contribution in [0.4, 0.5) is 0 Å². The summed E-state index contributed by atoms with van der Waals surface area (Å²) in [5, 5.41) is 11.8. The number of ketones is 1. The van der Waals surface area contributed by atoms with Crippen LogP contribution in [0.1, 0.15) is 46.0 Å². The number of hydrogen-bond acceptors (Lipinski definition) is 6. The lowest BCUT2D eigenvalue weighted by Crippen LogP contribution is -2.44. The van der Waals surface area contributed by atoms with Crippen LogP contribution in [-0.2, 0) is 28.3 Å². The molecule has 2 aliphatic rings. The van der Waals surface area contributed by atoms with Gasteiger partial charge in [0.15, 0.2) is 11.4 Å². The highest BCUT2D eigenvalue weighted by atomic mass is 16.6. The van der Waals surface area contributed by atoms with Gasteiger partial charge in [0, 0.05) is 27.6 Å². The second kappa shape index (κ2) is 7.20. The summed E-state index contributed by atoms with van der Waals surface area (Å²) in [5.74, 6) is -0.894. The van der Waals surface area contributed by atoms with E-state index in [4.69, 9.17) is 9.72 Å². The molecule has 4 heterocycles. The Bertz CT molecular complexity index is 1590. The van der Waals surface area contributed by atoms with Crippen molar-refractivity contribution in [2.45, 2.75) is 32.1 Å². The average molecular weight is 452 g/mol. The number of aromatic nitrogens is 2. The number of cyclic esters (lactones) is 1. The summed E-state index contributed by atoms with van der Waals surface area (Å²) in [7, 11) is 0. The van der Waals surface area contributed by atoms with Gasteiger partial charge in [0.2, 0.25) is 0 Å². The van der Waals surface area contributed by atoms with Crippen LogP contribution in [0.15, 0.2) is 65.5 Å². The van der Waals surface area contributed by atoms with Gasteiger partial charge in [-0.3, -0.25) is 9.59 Å². The molecule has 0 spiro atoms. The Morgan fingerprint density at radius 3 is 2.68 bits per heavy atom. The Morgan fingerprint density at radius 1 is 1.12 bits per heavy atom. The summed E-state index contributed by atoms with van der Waals surface area (Å²) in [5.41, 5.74) is 1.86. The van der Waals surface area contributed by atoms with Crippen molar-refractivity contribution in [3.05, 3.63) is 98.8 Å². The molecular weight excluding hydrogens is 432 g/mol. The zero-order valence-electron chi connectivity index (χ0n) is 18.4. The Balaban J connectivity index is 1.58. The molecule has 2 aromatic carbocycles. The van der Waals surface area contributed by atoms with E-state index >= 15 is 0 Å². The third kappa shape index (κ3) is 2.74. The van der Waals surface area contributed by atoms with Crippen LogP contribution in [0, 0.1) is 0 Å². The first-order valence-electron chi connectivity index (χ1n) is 11.1. The van der Waals surface area contributed by atoms with Crippen LogP contribution >= 0.6 is 0 Å². The van der Waals surface area contributed by atoms with E-state index in [1.165, 1.54) is 0 Å². The number of para-hydroxylation sites is 1. The van der Waals surface area contributed by atoms with Gasteiger partial charge in [-0.2, -0.15) is 0 Å². The third-order valence-corrected chi connectivity index (χ3v) is 6.82. The highest BCUT2D eigenvalue weighted by molar-refractivity contribution is 6.15. The molecule has 168 valence electrons. The van der Waals surface area contributed by atoms with Crippen LogP contribution in [0.3, 0.4) is 0 Å². The van der Waals surface area contributed by atoms with Crippen LogP contribution in [0.2, 0.25) is 0 Å². The number of nitrogens with zero attached hydrogens (tertiary/aromatic N) is 2. The van der Waals surface area contributed by atoms with Crippen LogP contribution < -0.4 is 5.56 Å². The molecule has 1 N–H and O–H groups in total. The molecule has 34 heavy (non-hydrogen) atoms. The molecule has 1 atom stereocenters.